The highest BCUT2D eigenvalue weighted by Gasteiger charge is 2.63. The van der Waals surface area contributed by atoms with E-state index in [-0.39, 0.29) is 17.8 Å². The van der Waals surface area contributed by atoms with Crippen molar-refractivity contribution in [2.75, 3.05) is 24.0 Å². The minimum atomic E-state index is -2.26. The van der Waals surface area contributed by atoms with E-state index in [4.69, 9.17) is 14.2 Å². The number of aryl methyl sites for hydroxylation is 2. The van der Waals surface area contributed by atoms with Gasteiger partial charge in [-0.15, -0.1) is 0 Å². The van der Waals surface area contributed by atoms with Gasteiger partial charge in [-0.3, -0.25) is 4.79 Å². The molecule has 45 heavy (non-hydrogen) atoms. The molecule has 4 aromatic carbocycles. The van der Waals surface area contributed by atoms with Crippen LogP contribution >= 0.6 is 0 Å². The van der Waals surface area contributed by atoms with Gasteiger partial charge in [-0.2, -0.15) is 0 Å². The van der Waals surface area contributed by atoms with Gasteiger partial charge in [0.25, 0.3) is 5.91 Å². The molecule has 0 bridgehead atoms. The molecule has 0 radical (unpaired) electrons. The first-order valence-corrected chi connectivity index (χ1v) is 14.4. The number of halogens is 1. The number of ether oxygens (including phenoxy) is 3. The highest BCUT2D eigenvalue weighted by molar-refractivity contribution is 6.17. The van der Waals surface area contributed by atoms with Crippen LogP contribution in [0.3, 0.4) is 0 Å². The van der Waals surface area contributed by atoms with Crippen molar-refractivity contribution in [2.45, 2.75) is 32.2 Å². The third-order valence-electron chi connectivity index (χ3n) is 8.15. The minimum absolute atomic E-state index is 0.0749. The monoisotopic (exact) mass is 606 g/mol. The van der Waals surface area contributed by atoms with Crippen LogP contribution in [0.15, 0.2) is 108 Å². The third kappa shape index (κ3) is 4.95. The Labute approximate surface area is 260 Å². The van der Waals surface area contributed by atoms with Gasteiger partial charge < -0.3 is 24.0 Å². The van der Waals surface area contributed by atoms with Crippen LogP contribution in [0.25, 0.3) is 0 Å². The second-order valence-electron chi connectivity index (χ2n) is 11.0. The van der Waals surface area contributed by atoms with Gasteiger partial charge >= 0.3 is 11.9 Å². The fourth-order valence-corrected chi connectivity index (χ4v) is 5.96. The fourth-order valence-electron chi connectivity index (χ4n) is 5.96. The van der Waals surface area contributed by atoms with Crippen molar-refractivity contribution in [3.63, 3.8) is 0 Å². The lowest BCUT2D eigenvalue weighted by Gasteiger charge is -2.46. The number of amides is 1. The quantitative estimate of drug-likeness (QED) is 0.248. The average molecular weight is 607 g/mol. The molecular weight excluding hydrogens is 575 g/mol. The summed E-state index contributed by atoms with van der Waals surface area (Å²) in [6.07, 6.45) is -1.13. The predicted octanol–water partition coefficient (Wildman–Crippen LogP) is 6.02. The van der Waals surface area contributed by atoms with E-state index < -0.39 is 41.1 Å². The highest BCUT2D eigenvalue weighted by Crippen LogP contribution is 2.55. The Hall–Kier alpha value is -5.28. The molecule has 8 nitrogen and oxygen atoms in total. The van der Waals surface area contributed by atoms with Gasteiger partial charge in [-0.05, 0) is 49.7 Å². The van der Waals surface area contributed by atoms with Gasteiger partial charge in [0.1, 0.15) is 17.1 Å². The minimum Gasteiger partial charge on any atom is -0.465 e. The average Bonchev–Trinajstić information content (AvgIpc) is 3.27. The highest BCUT2D eigenvalue weighted by atomic mass is 19.1. The maximum Gasteiger partial charge on any atom is 0.355 e. The lowest BCUT2D eigenvalue weighted by Crippen LogP contribution is -2.55. The predicted molar refractivity (Wildman–Crippen MR) is 165 cm³/mol. The normalized spacial score (nSPS) is 19.1. The van der Waals surface area contributed by atoms with E-state index in [2.05, 4.69) is 0 Å². The number of benzene rings is 4. The van der Waals surface area contributed by atoms with Gasteiger partial charge in [0.2, 0.25) is 5.60 Å². The number of fused-ring (bicyclic) bond motifs is 2. The van der Waals surface area contributed by atoms with E-state index >= 15 is 4.39 Å². The summed E-state index contributed by atoms with van der Waals surface area (Å²) in [5.41, 5.74) is 1.29. The lowest BCUT2D eigenvalue weighted by atomic mass is 9.82. The summed E-state index contributed by atoms with van der Waals surface area (Å²) in [6.45, 7) is 3.95. The van der Waals surface area contributed by atoms with Gasteiger partial charge in [-0.25, -0.2) is 14.0 Å². The van der Waals surface area contributed by atoms with Crippen molar-refractivity contribution in [1.82, 2.24) is 0 Å². The van der Waals surface area contributed by atoms with E-state index in [1.54, 1.807) is 12.1 Å². The SMILES string of the molecule is COC(=O)C1=C(C(=O)OC)[C@@]2(O[C@@H](c3ccc(C)cc3)N1c1ccc(C)cc1)C(=O)N(Cc1ccccc1)c1ccc(F)cc12. The zero-order valence-electron chi connectivity index (χ0n) is 25.2. The summed E-state index contributed by atoms with van der Waals surface area (Å²) in [7, 11) is 2.33. The molecule has 1 spiro atoms. The van der Waals surface area contributed by atoms with Crippen molar-refractivity contribution in [2.24, 2.45) is 0 Å². The van der Waals surface area contributed by atoms with E-state index in [1.807, 2.05) is 80.6 Å². The third-order valence-corrected chi connectivity index (χ3v) is 8.15. The van der Waals surface area contributed by atoms with Gasteiger partial charge in [0, 0.05) is 16.8 Å². The zero-order chi connectivity index (χ0) is 31.9. The molecule has 6 rings (SSSR count). The van der Waals surface area contributed by atoms with Gasteiger partial charge in [0.15, 0.2) is 6.23 Å². The Balaban J connectivity index is 1.70. The Morgan fingerprint density at radius 2 is 1.47 bits per heavy atom. The van der Waals surface area contributed by atoms with Crippen LogP contribution in [0, 0.1) is 19.7 Å². The molecule has 0 saturated heterocycles. The molecule has 2 aliphatic heterocycles. The van der Waals surface area contributed by atoms with Crippen LogP contribution in [-0.4, -0.2) is 32.1 Å². The second kappa shape index (κ2) is 11.7. The van der Waals surface area contributed by atoms with Crippen molar-refractivity contribution in [3.05, 3.63) is 142 Å². The van der Waals surface area contributed by atoms with Crippen LogP contribution in [0.5, 0.6) is 0 Å². The summed E-state index contributed by atoms with van der Waals surface area (Å²) < 4.78 is 32.5. The largest absolute Gasteiger partial charge is 0.465 e. The standard InChI is InChI=1S/C36H31FN2O6/c1-22-10-14-25(15-11-22)32-39(27-17-12-23(2)13-18-27)31(34(41)44-4)30(33(40)43-3)36(45-32)28-20-26(37)16-19-29(28)38(35(36)42)21-24-8-6-5-7-9-24/h5-20,32H,21H2,1-4H3/t32-,36+/m0/s1. The van der Waals surface area contributed by atoms with Crippen LogP contribution in [0.4, 0.5) is 15.8 Å². The number of esters is 2. The van der Waals surface area contributed by atoms with E-state index in [1.165, 1.54) is 35.1 Å². The number of hydrogen-bond donors (Lipinski definition) is 0. The Morgan fingerprint density at radius 1 is 0.844 bits per heavy atom. The molecule has 228 valence electrons. The first kappa shape index (κ1) is 29.8. The maximum absolute atomic E-state index is 15.1. The molecular formula is C36H31FN2O6. The molecule has 2 atom stereocenters. The van der Waals surface area contributed by atoms with Crippen molar-refractivity contribution in [3.8, 4) is 0 Å². The van der Waals surface area contributed by atoms with Crippen molar-refractivity contribution >= 4 is 29.2 Å². The van der Waals surface area contributed by atoms with Crippen molar-refractivity contribution < 1.29 is 33.0 Å². The Kier molecular flexibility index (Phi) is 7.72. The van der Waals surface area contributed by atoms with Crippen LogP contribution in [0.2, 0.25) is 0 Å². The molecule has 4 aromatic rings. The van der Waals surface area contributed by atoms with E-state index in [0.717, 1.165) is 23.8 Å². The number of hydrogen-bond acceptors (Lipinski definition) is 7. The molecule has 9 heteroatoms. The van der Waals surface area contributed by atoms with Crippen LogP contribution < -0.4 is 9.80 Å². The molecule has 0 aromatic heterocycles. The molecule has 0 aliphatic carbocycles. The van der Waals surface area contributed by atoms with Gasteiger partial charge in [0.05, 0.1) is 26.5 Å². The number of carbonyl (C=O) groups is 3. The molecule has 1 amide bonds. The summed E-state index contributed by atoms with van der Waals surface area (Å²) >= 11 is 0. The smallest absolute Gasteiger partial charge is 0.355 e. The number of rotatable bonds is 6. The van der Waals surface area contributed by atoms with Gasteiger partial charge in [-0.1, -0.05) is 77.9 Å². The number of nitrogens with zero attached hydrogens (tertiary/aromatic N) is 2. The summed E-state index contributed by atoms with van der Waals surface area (Å²) in [4.78, 5) is 45.7. The summed E-state index contributed by atoms with van der Waals surface area (Å²) in [5.74, 6) is -3.22. The summed E-state index contributed by atoms with van der Waals surface area (Å²) in [5, 5.41) is 0. The van der Waals surface area contributed by atoms with E-state index in [9.17, 15) is 14.4 Å². The Morgan fingerprint density at radius 3 is 2.09 bits per heavy atom. The molecule has 0 saturated carbocycles. The molecule has 2 heterocycles. The van der Waals surface area contributed by atoms with E-state index in [0.29, 0.717) is 16.9 Å². The van der Waals surface area contributed by atoms with Crippen LogP contribution in [0.1, 0.15) is 34.0 Å². The molecule has 0 unspecified atom stereocenters. The van der Waals surface area contributed by atoms with Crippen LogP contribution in [-0.2, 0) is 40.7 Å². The molecule has 2 aliphatic rings. The van der Waals surface area contributed by atoms with Crippen molar-refractivity contribution in [1.29, 1.82) is 0 Å². The second-order valence-corrected chi connectivity index (χ2v) is 11.0. The topological polar surface area (TPSA) is 85.4 Å². The molecule has 0 N–H and O–H groups in total. The first-order chi connectivity index (χ1) is 21.7. The first-order valence-electron chi connectivity index (χ1n) is 14.4. The zero-order valence-corrected chi connectivity index (χ0v) is 25.2. The lowest BCUT2D eigenvalue weighted by molar-refractivity contribution is -0.159. The number of anilines is 2. The number of methoxy groups -OCH3 is 2. The fraction of sp³-hybridized carbons (Fsp3) is 0.194. The maximum atomic E-state index is 15.1. The molecule has 0 fully saturated rings. The summed E-state index contributed by atoms with van der Waals surface area (Å²) in [6, 6.07) is 27.8. The Bertz CT molecular complexity index is 1820. The number of carbonyl (C=O) groups excluding carboxylic acids is 3.